The van der Waals surface area contributed by atoms with Crippen LogP contribution in [0, 0.1) is 0 Å². The Hall–Kier alpha value is -0.0800. The van der Waals surface area contributed by atoms with E-state index in [1.807, 2.05) is 0 Å². The third kappa shape index (κ3) is 5.53. The van der Waals surface area contributed by atoms with Crippen molar-refractivity contribution < 1.29 is 0 Å². The van der Waals surface area contributed by atoms with E-state index in [0.717, 1.165) is 6.04 Å². The molecule has 1 aliphatic rings. The summed E-state index contributed by atoms with van der Waals surface area (Å²) in [6, 6.07) is 0.800. The Morgan fingerprint density at radius 2 is 1.73 bits per heavy atom. The highest BCUT2D eigenvalue weighted by molar-refractivity contribution is 4.76. The van der Waals surface area contributed by atoms with Crippen LogP contribution in [0.15, 0.2) is 0 Å². The third-order valence-electron chi connectivity index (χ3n) is 3.38. The maximum absolute atomic E-state index is 3.67. The Kier molecular flexibility index (Phi) is 7.03. The fraction of sp³-hybridized carbons (Fsp3) is 1.00. The van der Waals surface area contributed by atoms with Crippen molar-refractivity contribution in [3.05, 3.63) is 0 Å². The fourth-order valence-electron chi connectivity index (χ4n) is 2.23. The molecule has 90 valence electrons. The first-order valence-electron chi connectivity index (χ1n) is 6.82. The molecule has 0 spiro atoms. The first-order chi connectivity index (χ1) is 7.36. The van der Waals surface area contributed by atoms with Gasteiger partial charge >= 0.3 is 0 Å². The van der Waals surface area contributed by atoms with Crippen molar-refractivity contribution >= 4 is 0 Å². The molecular formula is C13H28N2. The zero-order valence-electron chi connectivity index (χ0n) is 10.6. The van der Waals surface area contributed by atoms with Gasteiger partial charge in [0.25, 0.3) is 0 Å². The molecule has 1 aliphatic heterocycles. The Labute approximate surface area is 95.4 Å². The Morgan fingerprint density at radius 3 is 2.33 bits per heavy atom. The molecule has 1 saturated heterocycles. The number of hydrogen-bond donors (Lipinski definition) is 1. The standard InChI is InChI=1S/C13H28N2/c1-3-5-9-14-13-7-11-15(12-8-13)10-6-4-2/h13-14H,3-12H2,1-2H3. The fourth-order valence-corrected chi connectivity index (χ4v) is 2.23. The van der Waals surface area contributed by atoms with Crippen LogP contribution in [0.5, 0.6) is 0 Å². The van der Waals surface area contributed by atoms with Crippen molar-refractivity contribution in [3.63, 3.8) is 0 Å². The van der Waals surface area contributed by atoms with Gasteiger partial charge in [0, 0.05) is 6.04 Å². The van der Waals surface area contributed by atoms with Gasteiger partial charge in [-0.3, -0.25) is 0 Å². The summed E-state index contributed by atoms with van der Waals surface area (Å²) in [6.07, 6.45) is 8.04. The predicted octanol–water partition coefficient (Wildman–Crippen LogP) is 2.64. The number of likely N-dealkylation sites (tertiary alicyclic amines) is 1. The molecular weight excluding hydrogens is 184 g/mol. The van der Waals surface area contributed by atoms with Crippen LogP contribution in [0.4, 0.5) is 0 Å². The van der Waals surface area contributed by atoms with Gasteiger partial charge in [0.15, 0.2) is 0 Å². The van der Waals surface area contributed by atoms with E-state index < -0.39 is 0 Å². The summed E-state index contributed by atoms with van der Waals surface area (Å²) in [5.41, 5.74) is 0. The van der Waals surface area contributed by atoms with Crippen molar-refractivity contribution in [2.75, 3.05) is 26.2 Å². The number of piperidine rings is 1. The van der Waals surface area contributed by atoms with Gasteiger partial charge in [-0.05, 0) is 51.9 Å². The van der Waals surface area contributed by atoms with Crippen LogP contribution in [0.3, 0.4) is 0 Å². The lowest BCUT2D eigenvalue weighted by atomic mass is 10.0. The minimum absolute atomic E-state index is 0.800. The van der Waals surface area contributed by atoms with Gasteiger partial charge in [-0.15, -0.1) is 0 Å². The molecule has 0 unspecified atom stereocenters. The normalized spacial score (nSPS) is 19.6. The summed E-state index contributed by atoms with van der Waals surface area (Å²) in [6.45, 7) is 9.69. The summed E-state index contributed by atoms with van der Waals surface area (Å²) < 4.78 is 0. The first-order valence-corrected chi connectivity index (χ1v) is 6.82. The summed E-state index contributed by atoms with van der Waals surface area (Å²) >= 11 is 0. The molecule has 0 aromatic carbocycles. The summed E-state index contributed by atoms with van der Waals surface area (Å²) in [5, 5.41) is 3.67. The number of rotatable bonds is 7. The van der Waals surface area contributed by atoms with E-state index in [9.17, 15) is 0 Å². The lowest BCUT2D eigenvalue weighted by molar-refractivity contribution is 0.195. The van der Waals surface area contributed by atoms with E-state index in [0.29, 0.717) is 0 Å². The maximum atomic E-state index is 3.67. The summed E-state index contributed by atoms with van der Waals surface area (Å²) in [7, 11) is 0. The monoisotopic (exact) mass is 212 g/mol. The molecule has 0 aliphatic carbocycles. The molecule has 0 bridgehead atoms. The SMILES string of the molecule is CCCCNC1CCN(CCCC)CC1. The van der Waals surface area contributed by atoms with Crippen molar-refractivity contribution in [2.45, 2.75) is 58.4 Å². The van der Waals surface area contributed by atoms with E-state index in [2.05, 4.69) is 24.1 Å². The third-order valence-corrected chi connectivity index (χ3v) is 3.38. The zero-order valence-corrected chi connectivity index (χ0v) is 10.6. The van der Waals surface area contributed by atoms with Gasteiger partial charge in [0.1, 0.15) is 0 Å². The van der Waals surface area contributed by atoms with Gasteiger partial charge in [-0.2, -0.15) is 0 Å². The molecule has 0 atom stereocenters. The Balaban J connectivity index is 2.02. The molecule has 0 aromatic rings. The number of hydrogen-bond acceptors (Lipinski definition) is 2. The van der Waals surface area contributed by atoms with Crippen LogP contribution < -0.4 is 5.32 Å². The Bertz CT molecular complexity index is 139. The summed E-state index contributed by atoms with van der Waals surface area (Å²) in [5.74, 6) is 0. The van der Waals surface area contributed by atoms with Crippen molar-refractivity contribution in [1.82, 2.24) is 10.2 Å². The molecule has 0 aromatic heterocycles. The lowest BCUT2D eigenvalue weighted by Gasteiger charge is -2.32. The minimum atomic E-state index is 0.800. The second-order valence-electron chi connectivity index (χ2n) is 4.78. The highest BCUT2D eigenvalue weighted by Crippen LogP contribution is 2.11. The average Bonchev–Trinajstić information content (AvgIpc) is 2.28. The maximum Gasteiger partial charge on any atom is 0.00914 e. The molecule has 1 rings (SSSR count). The topological polar surface area (TPSA) is 15.3 Å². The summed E-state index contributed by atoms with van der Waals surface area (Å²) in [4.78, 5) is 2.63. The molecule has 1 N–H and O–H groups in total. The minimum Gasteiger partial charge on any atom is -0.314 e. The van der Waals surface area contributed by atoms with Gasteiger partial charge < -0.3 is 10.2 Å². The average molecular weight is 212 g/mol. The van der Waals surface area contributed by atoms with Crippen LogP contribution in [0.2, 0.25) is 0 Å². The van der Waals surface area contributed by atoms with E-state index in [1.54, 1.807) is 0 Å². The molecule has 15 heavy (non-hydrogen) atoms. The smallest absolute Gasteiger partial charge is 0.00914 e. The molecule has 0 amide bonds. The van der Waals surface area contributed by atoms with Gasteiger partial charge in [0.05, 0.1) is 0 Å². The second-order valence-corrected chi connectivity index (χ2v) is 4.78. The quantitative estimate of drug-likeness (QED) is 0.653. The number of unbranched alkanes of at least 4 members (excludes halogenated alkanes) is 2. The molecule has 0 radical (unpaired) electrons. The van der Waals surface area contributed by atoms with Crippen LogP contribution in [-0.4, -0.2) is 37.1 Å². The highest BCUT2D eigenvalue weighted by atomic mass is 15.1. The van der Waals surface area contributed by atoms with Crippen LogP contribution in [0.25, 0.3) is 0 Å². The van der Waals surface area contributed by atoms with Gasteiger partial charge in [-0.1, -0.05) is 26.7 Å². The van der Waals surface area contributed by atoms with E-state index in [-0.39, 0.29) is 0 Å². The largest absolute Gasteiger partial charge is 0.314 e. The first kappa shape index (κ1) is 13.0. The molecule has 0 saturated carbocycles. The van der Waals surface area contributed by atoms with Gasteiger partial charge in [0.2, 0.25) is 0 Å². The Morgan fingerprint density at radius 1 is 1.07 bits per heavy atom. The molecule has 1 fully saturated rings. The number of nitrogens with one attached hydrogen (secondary N) is 1. The zero-order chi connectivity index (χ0) is 10.9. The van der Waals surface area contributed by atoms with Gasteiger partial charge in [-0.25, -0.2) is 0 Å². The van der Waals surface area contributed by atoms with E-state index in [4.69, 9.17) is 0 Å². The predicted molar refractivity (Wildman–Crippen MR) is 67.3 cm³/mol. The van der Waals surface area contributed by atoms with E-state index >= 15 is 0 Å². The van der Waals surface area contributed by atoms with Crippen LogP contribution >= 0.6 is 0 Å². The van der Waals surface area contributed by atoms with Crippen molar-refractivity contribution in [2.24, 2.45) is 0 Å². The number of nitrogens with zero attached hydrogens (tertiary/aromatic N) is 1. The second kappa shape index (κ2) is 8.12. The highest BCUT2D eigenvalue weighted by Gasteiger charge is 2.17. The van der Waals surface area contributed by atoms with E-state index in [1.165, 1.54) is 64.7 Å². The van der Waals surface area contributed by atoms with Crippen LogP contribution in [0.1, 0.15) is 52.4 Å². The molecule has 2 nitrogen and oxygen atoms in total. The van der Waals surface area contributed by atoms with Crippen molar-refractivity contribution in [3.8, 4) is 0 Å². The lowest BCUT2D eigenvalue weighted by Crippen LogP contribution is -2.43. The molecule has 1 heterocycles. The van der Waals surface area contributed by atoms with Crippen molar-refractivity contribution in [1.29, 1.82) is 0 Å². The molecule has 2 heteroatoms. The van der Waals surface area contributed by atoms with Crippen LogP contribution in [-0.2, 0) is 0 Å².